The number of nitrogens with zero attached hydrogens (tertiary/aromatic N) is 4. The van der Waals surface area contributed by atoms with Crippen molar-refractivity contribution in [2.75, 3.05) is 48.4 Å². The van der Waals surface area contributed by atoms with Crippen molar-refractivity contribution in [3.05, 3.63) is 100 Å². The molecule has 0 amide bonds. The van der Waals surface area contributed by atoms with E-state index in [0.717, 1.165) is 18.2 Å². The molecular formula is C33H39ClF3N4O3S2+. The molecule has 7 nitrogen and oxygen atoms in total. The summed E-state index contributed by atoms with van der Waals surface area (Å²) in [5.41, 5.74) is 1.46. The number of hydrogen-bond donors (Lipinski definition) is 0. The van der Waals surface area contributed by atoms with Gasteiger partial charge in [-0.1, -0.05) is 43.3 Å². The van der Waals surface area contributed by atoms with Crippen LogP contribution in [0.3, 0.4) is 0 Å². The van der Waals surface area contributed by atoms with Crippen molar-refractivity contribution in [2.45, 2.75) is 41.5 Å². The highest BCUT2D eigenvalue weighted by Gasteiger charge is 2.31. The largest absolute Gasteiger partial charge is 0.494 e. The zero-order chi connectivity index (χ0) is 34.0. The van der Waals surface area contributed by atoms with Gasteiger partial charge in [-0.3, -0.25) is 4.57 Å². The molecular weight excluding hydrogens is 657 g/mol. The van der Waals surface area contributed by atoms with E-state index in [1.54, 1.807) is 30.5 Å². The fourth-order valence-corrected chi connectivity index (χ4v) is 7.68. The summed E-state index contributed by atoms with van der Waals surface area (Å²) in [6.45, 7) is 4.94. The number of halogens is 4. The van der Waals surface area contributed by atoms with Gasteiger partial charge < -0.3 is 9.22 Å². The lowest BCUT2D eigenvalue weighted by molar-refractivity contribution is -0.870. The predicted octanol–water partition coefficient (Wildman–Crippen LogP) is 7.29. The summed E-state index contributed by atoms with van der Waals surface area (Å²) in [7, 11) is 4.97. The molecule has 0 atom stereocenters. The SMILES string of the molecule is COc1cc(C(C)(C)c2cnc(SCc3c(F)cc(S(=O)(=O)N(C)CCC[N+](C)(C)C)cc3Cl)n2-c2ccc(F)cc2)ccc1F. The van der Waals surface area contributed by atoms with Crippen LogP contribution >= 0.6 is 23.4 Å². The lowest BCUT2D eigenvalue weighted by Gasteiger charge is -2.28. The number of ether oxygens (including phenoxy) is 1. The summed E-state index contributed by atoms with van der Waals surface area (Å²) >= 11 is 7.69. The van der Waals surface area contributed by atoms with Gasteiger partial charge in [-0.25, -0.2) is 30.9 Å². The summed E-state index contributed by atoms with van der Waals surface area (Å²) in [6.07, 6.45) is 2.31. The standard InChI is InChI=1S/C33H39ClF3N4O3S2/c1-33(2,22-9-14-28(36)30(17-22)44-7)31-20-38-32(40(31)24-12-10-23(35)11-13-24)45-21-26-27(34)18-25(19-29(26)37)46(42,43)39(3)15-8-16-41(4,5)6/h9-14,17-20H,8,15-16,21H2,1-7H3/q+1. The van der Waals surface area contributed by atoms with Crippen LogP contribution in [0.4, 0.5) is 13.2 Å². The molecule has 1 heterocycles. The molecule has 3 aromatic carbocycles. The molecule has 248 valence electrons. The van der Waals surface area contributed by atoms with Crippen molar-refractivity contribution >= 4 is 33.4 Å². The second-order valence-electron chi connectivity index (χ2n) is 12.6. The highest BCUT2D eigenvalue weighted by molar-refractivity contribution is 7.98. The average Bonchev–Trinajstić information content (AvgIpc) is 3.41. The Kier molecular flexibility index (Phi) is 10.9. The van der Waals surface area contributed by atoms with Gasteiger partial charge in [0.05, 0.1) is 51.6 Å². The number of hydrogen-bond acceptors (Lipinski definition) is 5. The minimum Gasteiger partial charge on any atom is -0.494 e. The smallest absolute Gasteiger partial charge is 0.242 e. The summed E-state index contributed by atoms with van der Waals surface area (Å²) < 4.78 is 79.0. The molecule has 0 saturated carbocycles. The fourth-order valence-electron chi connectivity index (χ4n) is 4.98. The molecule has 0 radical (unpaired) electrons. The number of rotatable bonds is 13. The Morgan fingerprint density at radius 1 is 1.02 bits per heavy atom. The van der Waals surface area contributed by atoms with Crippen LogP contribution in [0.25, 0.3) is 5.69 Å². The third kappa shape index (κ3) is 7.91. The lowest BCUT2D eigenvalue weighted by Crippen LogP contribution is -2.38. The minimum atomic E-state index is -3.96. The first kappa shape index (κ1) is 35.8. The van der Waals surface area contributed by atoms with Gasteiger partial charge in [0.1, 0.15) is 11.6 Å². The molecule has 0 fully saturated rings. The molecule has 0 spiro atoms. The van der Waals surface area contributed by atoms with Crippen LogP contribution in [-0.2, 0) is 21.2 Å². The molecule has 0 aliphatic heterocycles. The van der Waals surface area contributed by atoms with Crippen molar-refractivity contribution in [3.8, 4) is 11.4 Å². The van der Waals surface area contributed by atoms with Crippen LogP contribution in [0.1, 0.15) is 37.1 Å². The van der Waals surface area contributed by atoms with E-state index < -0.39 is 32.9 Å². The van der Waals surface area contributed by atoms with E-state index in [-0.39, 0.29) is 33.5 Å². The van der Waals surface area contributed by atoms with Crippen molar-refractivity contribution in [2.24, 2.45) is 0 Å². The molecule has 0 aliphatic rings. The average molecular weight is 696 g/mol. The van der Waals surface area contributed by atoms with E-state index in [4.69, 9.17) is 16.3 Å². The van der Waals surface area contributed by atoms with Gasteiger partial charge in [0.25, 0.3) is 0 Å². The third-order valence-corrected chi connectivity index (χ3v) is 10.9. The van der Waals surface area contributed by atoms with Crippen LogP contribution in [0.2, 0.25) is 5.02 Å². The summed E-state index contributed by atoms with van der Waals surface area (Å²) in [4.78, 5) is 4.41. The topological polar surface area (TPSA) is 64.4 Å². The van der Waals surface area contributed by atoms with E-state index in [0.29, 0.717) is 27.4 Å². The normalized spacial score (nSPS) is 12.6. The van der Waals surface area contributed by atoms with Crippen LogP contribution < -0.4 is 4.74 Å². The highest BCUT2D eigenvalue weighted by Crippen LogP contribution is 2.39. The van der Waals surface area contributed by atoms with Gasteiger partial charge in [-0.05, 0) is 54.1 Å². The Bertz CT molecular complexity index is 1780. The van der Waals surface area contributed by atoms with Gasteiger partial charge in [0.2, 0.25) is 10.0 Å². The van der Waals surface area contributed by atoms with Gasteiger partial charge in [0.15, 0.2) is 16.7 Å². The molecule has 0 saturated heterocycles. The molecule has 13 heteroatoms. The zero-order valence-corrected chi connectivity index (χ0v) is 29.3. The number of sulfonamides is 1. The summed E-state index contributed by atoms with van der Waals surface area (Å²) in [5, 5.41) is 0.442. The molecule has 0 N–H and O–H groups in total. The van der Waals surface area contributed by atoms with Crippen LogP contribution in [0, 0.1) is 17.5 Å². The first-order valence-corrected chi connectivity index (χ1v) is 17.3. The van der Waals surface area contributed by atoms with Crippen LogP contribution in [0.5, 0.6) is 5.75 Å². The third-order valence-electron chi connectivity index (χ3n) is 7.80. The van der Waals surface area contributed by atoms with Crippen molar-refractivity contribution in [1.82, 2.24) is 13.9 Å². The van der Waals surface area contributed by atoms with E-state index >= 15 is 4.39 Å². The Labute approximate surface area is 278 Å². The Hall–Kier alpha value is -3.03. The second-order valence-corrected chi connectivity index (χ2v) is 16.0. The predicted molar refractivity (Wildman–Crippen MR) is 177 cm³/mol. The lowest BCUT2D eigenvalue weighted by atomic mass is 9.81. The Balaban J connectivity index is 1.66. The quantitative estimate of drug-likeness (QED) is 0.109. The van der Waals surface area contributed by atoms with Gasteiger partial charge in [-0.15, -0.1) is 0 Å². The number of methoxy groups -OCH3 is 1. The van der Waals surface area contributed by atoms with Crippen molar-refractivity contribution in [1.29, 1.82) is 0 Å². The summed E-state index contributed by atoms with van der Waals surface area (Å²) in [6, 6.07) is 12.8. The van der Waals surface area contributed by atoms with Crippen LogP contribution in [-0.4, -0.2) is 75.1 Å². The fraction of sp³-hybridized carbons (Fsp3) is 0.364. The second kappa shape index (κ2) is 14.0. The first-order valence-electron chi connectivity index (χ1n) is 14.5. The molecule has 4 rings (SSSR count). The zero-order valence-electron chi connectivity index (χ0n) is 26.9. The number of benzene rings is 3. The van der Waals surface area contributed by atoms with Crippen LogP contribution in [0.15, 0.2) is 70.8 Å². The number of thioether (sulfide) groups is 1. The molecule has 0 aliphatic carbocycles. The van der Waals surface area contributed by atoms with E-state index in [2.05, 4.69) is 4.98 Å². The van der Waals surface area contributed by atoms with E-state index in [1.165, 1.54) is 54.5 Å². The Morgan fingerprint density at radius 3 is 2.30 bits per heavy atom. The van der Waals surface area contributed by atoms with Gasteiger partial charge in [0, 0.05) is 47.5 Å². The molecule has 46 heavy (non-hydrogen) atoms. The molecule has 1 aromatic heterocycles. The van der Waals surface area contributed by atoms with Crippen molar-refractivity contribution in [3.63, 3.8) is 0 Å². The number of imidazole rings is 1. The monoisotopic (exact) mass is 695 g/mol. The number of quaternary nitrogens is 1. The maximum absolute atomic E-state index is 15.5. The maximum Gasteiger partial charge on any atom is 0.242 e. The van der Waals surface area contributed by atoms with Crippen molar-refractivity contribution < 1.29 is 30.8 Å². The first-order chi connectivity index (χ1) is 21.5. The van der Waals surface area contributed by atoms with E-state index in [9.17, 15) is 17.2 Å². The molecule has 0 unspecified atom stereocenters. The highest BCUT2D eigenvalue weighted by atomic mass is 35.5. The minimum absolute atomic E-state index is 0.0234. The maximum atomic E-state index is 15.5. The Morgan fingerprint density at radius 2 is 1.70 bits per heavy atom. The van der Waals surface area contributed by atoms with E-state index in [1.807, 2.05) is 39.6 Å². The number of aromatic nitrogens is 2. The summed E-state index contributed by atoms with van der Waals surface area (Å²) in [5.74, 6) is -1.52. The van der Waals surface area contributed by atoms with Gasteiger partial charge in [-0.2, -0.15) is 0 Å². The van der Waals surface area contributed by atoms with Gasteiger partial charge >= 0.3 is 0 Å². The molecule has 0 bridgehead atoms. The molecule has 4 aromatic rings.